The van der Waals surface area contributed by atoms with Crippen LogP contribution in [0.5, 0.6) is 0 Å². The fourth-order valence-corrected chi connectivity index (χ4v) is 9.46. The maximum absolute atomic E-state index is 12.7. The number of hydrogen-bond donors (Lipinski definition) is 5. The number of aliphatic hydroxyl groups excluding tert-OH is 2. The number of aliphatic hydroxyl groups is 2. The van der Waals surface area contributed by atoms with Crippen LogP contribution >= 0.6 is 0 Å². The summed E-state index contributed by atoms with van der Waals surface area (Å²) in [6.07, 6.45) is 3.68. The van der Waals surface area contributed by atoms with Gasteiger partial charge in [-0.3, -0.25) is 4.79 Å². The van der Waals surface area contributed by atoms with Crippen molar-refractivity contribution in [2.45, 2.75) is 110 Å². The van der Waals surface area contributed by atoms with Gasteiger partial charge in [0.1, 0.15) is 6.10 Å². The van der Waals surface area contributed by atoms with E-state index in [9.17, 15) is 24.9 Å². The van der Waals surface area contributed by atoms with Crippen LogP contribution in [0.15, 0.2) is 22.8 Å². The summed E-state index contributed by atoms with van der Waals surface area (Å²) < 4.78 is 5.82. The Morgan fingerprint density at radius 1 is 1.05 bits per heavy atom. The van der Waals surface area contributed by atoms with E-state index in [1.165, 1.54) is 6.92 Å². The standard InChI is InChI=1S/C29H46N2O6/c1-14(2)11-18(30)23(26(35)36)22-17-12-20(34)25-27(4)9-8-19(33)24(31)16(27)7-10-28(25,5)29(17,6)13-21(22)37-15(3)32/h11,16-21,24-25,33-34H,7-10,12-13,30-31H2,1-6H3,(H,35,36)/b23-22-/t16-,17-,18-,19+,20+,21-,24-,25-,27-,28-,29-/m0/s1. The zero-order valence-corrected chi connectivity index (χ0v) is 23.2. The molecule has 0 aromatic carbocycles. The Morgan fingerprint density at radius 3 is 2.27 bits per heavy atom. The lowest BCUT2D eigenvalue weighted by atomic mass is 9.37. The number of carbonyl (C=O) groups excluding carboxylic acids is 1. The first-order valence-corrected chi connectivity index (χ1v) is 13.7. The number of nitrogens with two attached hydrogens (primary N) is 2. The molecule has 0 aromatic rings. The maximum Gasteiger partial charge on any atom is 0.333 e. The molecule has 0 radical (unpaired) electrons. The van der Waals surface area contributed by atoms with Gasteiger partial charge in [0.25, 0.3) is 0 Å². The molecule has 0 spiro atoms. The minimum Gasteiger partial charge on any atom is -0.478 e. The van der Waals surface area contributed by atoms with E-state index in [0.29, 0.717) is 24.8 Å². The molecule has 4 fully saturated rings. The second-order valence-electron chi connectivity index (χ2n) is 13.2. The number of esters is 1. The number of carboxylic acids is 1. The van der Waals surface area contributed by atoms with E-state index in [1.807, 2.05) is 13.8 Å². The van der Waals surface area contributed by atoms with Crippen LogP contribution < -0.4 is 11.5 Å². The topological polar surface area (TPSA) is 156 Å². The van der Waals surface area contributed by atoms with E-state index in [0.717, 1.165) is 24.8 Å². The van der Waals surface area contributed by atoms with Gasteiger partial charge < -0.3 is 31.5 Å². The van der Waals surface area contributed by atoms with Crippen molar-refractivity contribution in [2.24, 2.45) is 45.5 Å². The van der Waals surface area contributed by atoms with Gasteiger partial charge in [-0.2, -0.15) is 0 Å². The first-order chi connectivity index (χ1) is 17.1. The molecule has 37 heavy (non-hydrogen) atoms. The average Bonchev–Trinajstić information content (AvgIpc) is 3.02. The molecule has 0 heterocycles. The minimum atomic E-state index is -1.12. The fourth-order valence-electron chi connectivity index (χ4n) is 9.46. The monoisotopic (exact) mass is 518 g/mol. The normalized spacial score (nSPS) is 47.1. The molecule has 4 rings (SSSR count). The zero-order valence-electron chi connectivity index (χ0n) is 23.2. The molecule has 4 aliphatic rings. The molecule has 11 atom stereocenters. The van der Waals surface area contributed by atoms with E-state index in [4.69, 9.17) is 16.2 Å². The predicted molar refractivity (Wildman–Crippen MR) is 140 cm³/mol. The lowest BCUT2D eigenvalue weighted by molar-refractivity contribution is -0.227. The second-order valence-corrected chi connectivity index (χ2v) is 13.2. The molecule has 0 saturated heterocycles. The summed E-state index contributed by atoms with van der Waals surface area (Å²) in [6.45, 7) is 11.7. The van der Waals surface area contributed by atoms with Gasteiger partial charge in [0.05, 0.1) is 23.8 Å². The lowest BCUT2D eigenvalue weighted by Gasteiger charge is -2.68. The van der Waals surface area contributed by atoms with Gasteiger partial charge in [-0.25, -0.2) is 4.79 Å². The largest absolute Gasteiger partial charge is 0.478 e. The van der Waals surface area contributed by atoms with Crippen molar-refractivity contribution in [3.05, 3.63) is 22.8 Å². The number of rotatable bonds is 4. The summed E-state index contributed by atoms with van der Waals surface area (Å²) in [4.78, 5) is 24.9. The van der Waals surface area contributed by atoms with Crippen molar-refractivity contribution in [3.8, 4) is 0 Å². The van der Waals surface area contributed by atoms with E-state index in [1.54, 1.807) is 6.08 Å². The molecule has 0 aromatic heterocycles. The summed E-state index contributed by atoms with van der Waals surface area (Å²) in [5.74, 6) is -1.85. The molecule has 0 aliphatic heterocycles. The van der Waals surface area contributed by atoms with Crippen LogP contribution in [0.3, 0.4) is 0 Å². The zero-order chi connectivity index (χ0) is 27.7. The van der Waals surface area contributed by atoms with Crippen LogP contribution in [0.4, 0.5) is 0 Å². The SMILES string of the molecule is CC(=O)O[C@H]1C[C@@]2(C)[C@@H](C[C@@H](O)[C@H]3[C@@]4(C)CC[C@@H](O)[C@@H](N)[C@@H]4CC[C@@]32C)/C1=C(/C(=O)O)[C@@H](N)C=C(C)C. The quantitative estimate of drug-likeness (QED) is 0.216. The maximum atomic E-state index is 12.7. The van der Waals surface area contributed by atoms with Crippen LogP contribution in [-0.4, -0.2) is 57.7 Å². The van der Waals surface area contributed by atoms with Crippen molar-refractivity contribution in [2.75, 3.05) is 0 Å². The molecule has 0 bridgehead atoms. The van der Waals surface area contributed by atoms with Crippen molar-refractivity contribution >= 4 is 11.9 Å². The Bertz CT molecular complexity index is 1020. The van der Waals surface area contributed by atoms with E-state index >= 15 is 0 Å². The number of aliphatic carboxylic acids is 1. The van der Waals surface area contributed by atoms with Gasteiger partial charge in [0, 0.05) is 13.0 Å². The number of ether oxygens (including phenoxy) is 1. The highest BCUT2D eigenvalue weighted by Crippen LogP contribution is 2.74. The molecule has 4 saturated carbocycles. The van der Waals surface area contributed by atoms with Crippen LogP contribution in [0.1, 0.15) is 80.1 Å². The number of carbonyl (C=O) groups is 2. The number of fused-ring (bicyclic) bond motifs is 5. The van der Waals surface area contributed by atoms with Crippen LogP contribution in [0.25, 0.3) is 0 Å². The minimum absolute atomic E-state index is 0.0677. The van der Waals surface area contributed by atoms with Gasteiger partial charge >= 0.3 is 11.9 Å². The lowest BCUT2D eigenvalue weighted by Crippen LogP contribution is -2.67. The predicted octanol–water partition coefficient (Wildman–Crippen LogP) is 2.90. The molecule has 8 heteroatoms. The summed E-state index contributed by atoms with van der Waals surface area (Å²) in [5.41, 5.74) is 13.5. The second kappa shape index (κ2) is 9.47. The third-order valence-electron chi connectivity index (χ3n) is 11.1. The van der Waals surface area contributed by atoms with Gasteiger partial charge in [0.2, 0.25) is 0 Å². The van der Waals surface area contributed by atoms with Crippen LogP contribution in [0.2, 0.25) is 0 Å². The smallest absolute Gasteiger partial charge is 0.333 e. The summed E-state index contributed by atoms with van der Waals surface area (Å²) in [7, 11) is 0. The molecular formula is C29H46N2O6. The number of allylic oxidation sites excluding steroid dienone is 1. The molecule has 8 nitrogen and oxygen atoms in total. The summed E-state index contributed by atoms with van der Waals surface area (Å²) in [6, 6.07) is -1.18. The number of carboxylic acid groups (broad SMARTS) is 1. The van der Waals surface area contributed by atoms with Crippen molar-refractivity contribution < 1.29 is 29.6 Å². The van der Waals surface area contributed by atoms with Crippen molar-refractivity contribution in [1.29, 1.82) is 0 Å². The van der Waals surface area contributed by atoms with Gasteiger partial charge in [0.15, 0.2) is 0 Å². The Morgan fingerprint density at radius 2 is 1.70 bits per heavy atom. The van der Waals surface area contributed by atoms with Crippen LogP contribution in [-0.2, 0) is 14.3 Å². The molecular weight excluding hydrogens is 472 g/mol. The van der Waals surface area contributed by atoms with E-state index in [2.05, 4.69) is 20.8 Å². The van der Waals surface area contributed by atoms with Gasteiger partial charge in [-0.1, -0.05) is 32.4 Å². The third kappa shape index (κ3) is 4.19. The summed E-state index contributed by atoms with van der Waals surface area (Å²) >= 11 is 0. The molecule has 0 amide bonds. The molecule has 0 unspecified atom stereocenters. The highest BCUT2D eigenvalue weighted by molar-refractivity contribution is 5.90. The number of hydrogen-bond acceptors (Lipinski definition) is 7. The van der Waals surface area contributed by atoms with Crippen molar-refractivity contribution in [1.82, 2.24) is 0 Å². The van der Waals surface area contributed by atoms with Crippen LogP contribution in [0, 0.1) is 34.0 Å². The third-order valence-corrected chi connectivity index (χ3v) is 11.1. The Balaban J connectivity index is 1.88. The van der Waals surface area contributed by atoms with E-state index in [-0.39, 0.29) is 40.2 Å². The Hall–Kier alpha value is -1.74. The summed E-state index contributed by atoms with van der Waals surface area (Å²) in [5, 5.41) is 32.7. The Labute approximate surface area is 220 Å². The molecule has 208 valence electrons. The fraction of sp³-hybridized carbons (Fsp3) is 0.793. The molecule has 4 aliphatic carbocycles. The van der Waals surface area contributed by atoms with E-state index < -0.39 is 41.7 Å². The van der Waals surface area contributed by atoms with Gasteiger partial charge in [-0.05, 0) is 91.9 Å². The first kappa shape index (κ1) is 28.3. The first-order valence-electron chi connectivity index (χ1n) is 13.7. The van der Waals surface area contributed by atoms with Gasteiger partial charge in [-0.15, -0.1) is 0 Å². The highest BCUT2D eigenvalue weighted by Gasteiger charge is 2.71. The average molecular weight is 519 g/mol. The Kier molecular flexibility index (Phi) is 7.24. The van der Waals surface area contributed by atoms with Crippen molar-refractivity contribution in [3.63, 3.8) is 0 Å². The highest BCUT2D eigenvalue weighted by atomic mass is 16.5. The molecule has 7 N–H and O–H groups in total.